The van der Waals surface area contributed by atoms with Crippen molar-refractivity contribution >= 4 is 35.0 Å². The molecule has 0 heterocycles. The second-order valence-electron chi connectivity index (χ2n) is 5.84. The molecule has 4 nitrogen and oxygen atoms in total. The van der Waals surface area contributed by atoms with Gasteiger partial charge in [-0.25, -0.2) is 4.39 Å². The molecule has 0 aliphatic heterocycles. The van der Waals surface area contributed by atoms with Crippen molar-refractivity contribution in [2.24, 2.45) is 0 Å². The Balaban J connectivity index is 2.01. The van der Waals surface area contributed by atoms with Gasteiger partial charge in [0.15, 0.2) is 0 Å². The van der Waals surface area contributed by atoms with Gasteiger partial charge in [0.2, 0.25) is 11.8 Å². The van der Waals surface area contributed by atoms with Gasteiger partial charge in [-0.1, -0.05) is 19.9 Å². The van der Waals surface area contributed by atoms with Gasteiger partial charge >= 0.3 is 0 Å². The first kappa shape index (κ1) is 20.0. The van der Waals surface area contributed by atoms with Crippen molar-refractivity contribution in [3.63, 3.8) is 0 Å². The summed E-state index contributed by atoms with van der Waals surface area (Å²) < 4.78 is 13.0. The normalized spacial score (nSPS) is 11.7. The van der Waals surface area contributed by atoms with E-state index in [1.54, 1.807) is 0 Å². The Morgan fingerprint density at radius 2 is 1.77 bits per heavy atom. The number of anilines is 2. The minimum Gasteiger partial charge on any atom is -0.326 e. The van der Waals surface area contributed by atoms with Gasteiger partial charge in [-0.15, -0.1) is 11.8 Å². The van der Waals surface area contributed by atoms with Crippen LogP contribution in [0.25, 0.3) is 0 Å². The fourth-order valence-electron chi connectivity index (χ4n) is 2.34. The van der Waals surface area contributed by atoms with Gasteiger partial charge in [0.25, 0.3) is 0 Å². The third kappa shape index (κ3) is 6.19. The zero-order valence-corrected chi connectivity index (χ0v) is 15.7. The summed E-state index contributed by atoms with van der Waals surface area (Å²) in [6.07, 6.45) is 1.92. The summed E-state index contributed by atoms with van der Waals surface area (Å²) in [5.41, 5.74) is 1.29. The van der Waals surface area contributed by atoms with E-state index in [1.165, 1.54) is 36.0 Å². The summed E-state index contributed by atoms with van der Waals surface area (Å²) in [4.78, 5) is 25.1. The number of rotatable bonds is 8. The number of halogens is 1. The molecule has 0 radical (unpaired) electrons. The van der Waals surface area contributed by atoms with Crippen LogP contribution in [0.1, 0.15) is 33.1 Å². The van der Waals surface area contributed by atoms with Crippen molar-refractivity contribution in [3.8, 4) is 0 Å². The quantitative estimate of drug-likeness (QED) is 0.634. The molecule has 0 bridgehead atoms. The first-order valence-corrected chi connectivity index (χ1v) is 9.52. The molecule has 2 N–H and O–H groups in total. The zero-order chi connectivity index (χ0) is 18.9. The Kier molecular flexibility index (Phi) is 7.66. The van der Waals surface area contributed by atoms with Gasteiger partial charge in [-0.3, -0.25) is 9.59 Å². The van der Waals surface area contributed by atoms with Crippen LogP contribution in [0.5, 0.6) is 0 Å². The summed E-state index contributed by atoms with van der Waals surface area (Å²) >= 11 is 1.44. The Hall–Kier alpha value is -2.34. The van der Waals surface area contributed by atoms with Crippen molar-refractivity contribution in [1.82, 2.24) is 0 Å². The number of benzene rings is 2. The maximum absolute atomic E-state index is 13.0. The highest BCUT2D eigenvalue weighted by molar-refractivity contribution is 8.00. The van der Waals surface area contributed by atoms with E-state index in [9.17, 15) is 14.0 Å². The van der Waals surface area contributed by atoms with Crippen LogP contribution in [0.3, 0.4) is 0 Å². The molecule has 0 saturated heterocycles. The first-order chi connectivity index (χ1) is 12.5. The van der Waals surface area contributed by atoms with Gasteiger partial charge in [0.05, 0.1) is 5.25 Å². The van der Waals surface area contributed by atoms with Gasteiger partial charge < -0.3 is 10.6 Å². The molecule has 1 atom stereocenters. The van der Waals surface area contributed by atoms with Crippen LogP contribution in [0, 0.1) is 5.82 Å². The molecule has 0 aliphatic rings. The van der Waals surface area contributed by atoms with E-state index in [0.717, 1.165) is 17.0 Å². The molecule has 1 unspecified atom stereocenters. The van der Waals surface area contributed by atoms with Crippen molar-refractivity contribution in [3.05, 3.63) is 54.3 Å². The van der Waals surface area contributed by atoms with E-state index in [1.807, 2.05) is 38.1 Å². The number of amides is 2. The van der Waals surface area contributed by atoms with E-state index in [-0.39, 0.29) is 22.9 Å². The number of carbonyl (C=O) groups is 2. The Morgan fingerprint density at radius 3 is 2.42 bits per heavy atom. The number of carbonyl (C=O) groups excluding carboxylic acids is 2. The highest BCUT2D eigenvalue weighted by Gasteiger charge is 2.18. The minimum atomic E-state index is -0.341. The standard InChI is InChI=1S/C20H23FN2O2S/c1-3-6-19(24)22-16-7-5-8-17(13-16)26-18(4-2)20(25)23-15-11-9-14(21)10-12-15/h5,7-13,18H,3-4,6H2,1-2H3,(H,22,24)(H,23,25). The van der Waals surface area contributed by atoms with Crippen molar-refractivity contribution in [1.29, 1.82) is 0 Å². The first-order valence-electron chi connectivity index (χ1n) is 8.64. The number of hydrogen-bond donors (Lipinski definition) is 2. The summed E-state index contributed by atoms with van der Waals surface area (Å²) in [7, 11) is 0. The SMILES string of the molecule is CCCC(=O)Nc1cccc(SC(CC)C(=O)Nc2ccc(F)cc2)c1. The fraction of sp³-hybridized carbons (Fsp3) is 0.300. The predicted molar refractivity (Wildman–Crippen MR) is 105 cm³/mol. The molecule has 6 heteroatoms. The van der Waals surface area contributed by atoms with E-state index >= 15 is 0 Å². The lowest BCUT2D eigenvalue weighted by atomic mass is 10.2. The number of nitrogens with one attached hydrogen (secondary N) is 2. The molecule has 0 fully saturated rings. The maximum atomic E-state index is 13.0. The smallest absolute Gasteiger partial charge is 0.237 e. The molecular weight excluding hydrogens is 351 g/mol. The van der Waals surface area contributed by atoms with Crippen LogP contribution in [-0.4, -0.2) is 17.1 Å². The highest BCUT2D eigenvalue weighted by atomic mass is 32.2. The molecular formula is C20H23FN2O2S. The van der Waals surface area contributed by atoms with E-state index in [4.69, 9.17) is 0 Å². The molecule has 0 aromatic heterocycles. The molecule has 0 saturated carbocycles. The van der Waals surface area contributed by atoms with E-state index in [2.05, 4.69) is 10.6 Å². The Labute approximate surface area is 157 Å². The van der Waals surface area contributed by atoms with Crippen LogP contribution in [0.15, 0.2) is 53.4 Å². The third-order valence-corrected chi connectivity index (χ3v) is 5.01. The molecule has 0 spiro atoms. The van der Waals surface area contributed by atoms with Crippen LogP contribution >= 0.6 is 11.8 Å². The van der Waals surface area contributed by atoms with Crippen LogP contribution in [-0.2, 0) is 9.59 Å². The van der Waals surface area contributed by atoms with Crippen LogP contribution in [0.2, 0.25) is 0 Å². The summed E-state index contributed by atoms with van der Waals surface area (Å²) in [5, 5.41) is 5.38. The molecule has 2 aromatic carbocycles. The van der Waals surface area contributed by atoms with E-state index in [0.29, 0.717) is 18.5 Å². The van der Waals surface area contributed by atoms with Crippen LogP contribution < -0.4 is 10.6 Å². The number of hydrogen-bond acceptors (Lipinski definition) is 3. The van der Waals surface area contributed by atoms with Gasteiger partial charge in [0, 0.05) is 22.7 Å². The maximum Gasteiger partial charge on any atom is 0.237 e. The predicted octanol–water partition coefficient (Wildman–Crippen LogP) is 5.07. The van der Waals surface area contributed by atoms with Crippen molar-refractivity contribution in [2.45, 2.75) is 43.3 Å². The summed E-state index contributed by atoms with van der Waals surface area (Å²) in [6.45, 7) is 3.90. The molecule has 2 rings (SSSR count). The lowest BCUT2D eigenvalue weighted by molar-refractivity contribution is -0.116. The lowest BCUT2D eigenvalue weighted by Gasteiger charge is -2.15. The molecule has 26 heavy (non-hydrogen) atoms. The van der Waals surface area contributed by atoms with Crippen molar-refractivity contribution in [2.75, 3.05) is 10.6 Å². The Bertz CT molecular complexity index is 750. The molecule has 0 aliphatic carbocycles. The van der Waals surface area contributed by atoms with Crippen LogP contribution in [0.4, 0.5) is 15.8 Å². The molecule has 2 amide bonds. The van der Waals surface area contributed by atoms with Gasteiger partial charge in [0.1, 0.15) is 5.82 Å². The summed E-state index contributed by atoms with van der Waals surface area (Å²) in [5.74, 6) is -0.494. The molecule has 2 aromatic rings. The zero-order valence-electron chi connectivity index (χ0n) is 14.9. The second kappa shape index (κ2) is 9.97. The van der Waals surface area contributed by atoms with Gasteiger partial charge in [-0.2, -0.15) is 0 Å². The Morgan fingerprint density at radius 1 is 1.04 bits per heavy atom. The average molecular weight is 374 g/mol. The monoisotopic (exact) mass is 374 g/mol. The second-order valence-corrected chi connectivity index (χ2v) is 7.11. The number of thioether (sulfide) groups is 1. The largest absolute Gasteiger partial charge is 0.326 e. The fourth-order valence-corrected chi connectivity index (χ4v) is 3.35. The minimum absolute atomic E-state index is 0.0178. The molecule has 138 valence electrons. The lowest BCUT2D eigenvalue weighted by Crippen LogP contribution is -2.24. The van der Waals surface area contributed by atoms with E-state index < -0.39 is 0 Å². The summed E-state index contributed by atoms with van der Waals surface area (Å²) in [6, 6.07) is 13.2. The highest BCUT2D eigenvalue weighted by Crippen LogP contribution is 2.28. The topological polar surface area (TPSA) is 58.2 Å². The van der Waals surface area contributed by atoms with Crippen molar-refractivity contribution < 1.29 is 14.0 Å². The van der Waals surface area contributed by atoms with Gasteiger partial charge in [-0.05, 0) is 55.3 Å². The average Bonchev–Trinajstić information content (AvgIpc) is 2.62. The third-order valence-electron chi connectivity index (χ3n) is 3.65.